The second-order valence-corrected chi connectivity index (χ2v) is 4.00. The third-order valence-corrected chi connectivity index (χ3v) is 2.69. The topological polar surface area (TPSA) is 55.1 Å². The summed E-state index contributed by atoms with van der Waals surface area (Å²) >= 11 is 0. The minimum Gasteiger partial charge on any atom is -0.443 e. The fourth-order valence-corrected chi connectivity index (χ4v) is 1.74. The Morgan fingerprint density at radius 2 is 1.95 bits per heavy atom. The second kappa shape index (κ2) is 4.53. The zero-order valence-electron chi connectivity index (χ0n) is 9.76. The van der Waals surface area contributed by atoms with Crippen LogP contribution in [0.2, 0.25) is 0 Å². The number of halogens is 1. The normalized spacial score (nSPS) is 10.6. The molecule has 0 aliphatic rings. The van der Waals surface area contributed by atoms with Crippen LogP contribution < -0.4 is 5.32 Å². The van der Waals surface area contributed by atoms with Crippen molar-refractivity contribution in [3.8, 4) is 0 Å². The molecule has 0 spiro atoms. The van der Waals surface area contributed by atoms with Gasteiger partial charge in [0.25, 0.3) is 5.91 Å². The van der Waals surface area contributed by atoms with E-state index in [2.05, 4.69) is 10.3 Å². The number of hydrogen-bond donors (Lipinski definition) is 1. The molecule has 0 saturated carbocycles. The number of oxazole rings is 1. The number of benzene rings is 2. The van der Waals surface area contributed by atoms with E-state index in [1.807, 2.05) is 0 Å². The number of fused-ring (bicyclic) bond motifs is 1. The molecule has 1 heterocycles. The Labute approximate surface area is 107 Å². The highest BCUT2D eigenvalue weighted by Gasteiger charge is 2.07. The summed E-state index contributed by atoms with van der Waals surface area (Å²) in [4.78, 5) is 15.9. The molecular formula is C14H9FN2O2. The van der Waals surface area contributed by atoms with Gasteiger partial charge in [0.1, 0.15) is 11.3 Å². The molecule has 0 aliphatic carbocycles. The van der Waals surface area contributed by atoms with Crippen LogP contribution in [0.4, 0.5) is 10.1 Å². The monoisotopic (exact) mass is 256 g/mol. The van der Waals surface area contributed by atoms with E-state index in [0.29, 0.717) is 22.4 Å². The lowest BCUT2D eigenvalue weighted by Crippen LogP contribution is -2.11. The fourth-order valence-electron chi connectivity index (χ4n) is 1.74. The maximum absolute atomic E-state index is 12.8. The van der Waals surface area contributed by atoms with Gasteiger partial charge in [0.05, 0.1) is 0 Å². The molecule has 1 amide bonds. The standard InChI is InChI=1S/C14H9FN2O2/c15-10-3-1-9(2-4-10)14(18)17-11-5-6-13-12(7-11)16-8-19-13/h1-8H,(H,17,18). The molecule has 0 radical (unpaired) electrons. The first-order valence-electron chi connectivity index (χ1n) is 5.62. The molecule has 94 valence electrons. The summed E-state index contributed by atoms with van der Waals surface area (Å²) < 4.78 is 17.9. The Kier molecular flexibility index (Phi) is 2.72. The lowest BCUT2D eigenvalue weighted by molar-refractivity contribution is 0.102. The number of carbonyl (C=O) groups excluding carboxylic acids is 1. The number of aromatic nitrogens is 1. The molecule has 0 unspecified atom stereocenters. The van der Waals surface area contributed by atoms with Crippen molar-refractivity contribution >= 4 is 22.7 Å². The van der Waals surface area contributed by atoms with Gasteiger partial charge in [0.15, 0.2) is 12.0 Å². The van der Waals surface area contributed by atoms with Crippen LogP contribution >= 0.6 is 0 Å². The van der Waals surface area contributed by atoms with E-state index in [-0.39, 0.29) is 11.7 Å². The summed E-state index contributed by atoms with van der Waals surface area (Å²) in [6.07, 6.45) is 1.34. The SMILES string of the molecule is O=C(Nc1ccc2ocnc2c1)c1ccc(F)cc1. The second-order valence-electron chi connectivity index (χ2n) is 4.00. The molecule has 0 aliphatic heterocycles. The van der Waals surface area contributed by atoms with Crippen LogP contribution in [-0.2, 0) is 0 Å². The van der Waals surface area contributed by atoms with Gasteiger partial charge in [-0.1, -0.05) is 0 Å². The van der Waals surface area contributed by atoms with Crippen LogP contribution in [0.3, 0.4) is 0 Å². The van der Waals surface area contributed by atoms with Gasteiger partial charge >= 0.3 is 0 Å². The lowest BCUT2D eigenvalue weighted by atomic mass is 10.2. The Bertz CT molecular complexity index is 735. The summed E-state index contributed by atoms with van der Waals surface area (Å²) in [7, 11) is 0. The summed E-state index contributed by atoms with van der Waals surface area (Å²) in [5, 5.41) is 2.72. The molecule has 4 nitrogen and oxygen atoms in total. The van der Waals surface area contributed by atoms with Crippen molar-refractivity contribution in [1.82, 2.24) is 4.98 Å². The Morgan fingerprint density at radius 3 is 2.74 bits per heavy atom. The van der Waals surface area contributed by atoms with Crippen molar-refractivity contribution in [3.63, 3.8) is 0 Å². The van der Waals surface area contributed by atoms with Crippen molar-refractivity contribution in [3.05, 3.63) is 60.2 Å². The highest BCUT2D eigenvalue weighted by Crippen LogP contribution is 2.18. The molecule has 1 aromatic heterocycles. The number of hydrogen-bond acceptors (Lipinski definition) is 3. The third kappa shape index (κ3) is 2.30. The van der Waals surface area contributed by atoms with Gasteiger partial charge in [0, 0.05) is 11.3 Å². The summed E-state index contributed by atoms with van der Waals surface area (Å²) in [6, 6.07) is 10.5. The quantitative estimate of drug-likeness (QED) is 0.765. The summed E-state index contributed by atoms with van der Waals surface area (Å²) in [5.41, 5.74) is 2.31. The van der Waals surface area contributed by atoms with Crippen LogP contribution in [0, 0.1) is 5.82 Å². The molecule has 0 fully saturated rings. The molecule has 5 heteroatoms. The summed E-state index contributed by atoms with van der Waals surface area (Å²) in [5.74, 6) is -0.677. The molecule has 19 heavy (non-hydrogen) atoms. The number of nitrogens with one attached hydrogen (secondary N) is 1. The van der Waals surface area contributed by atoms with E-state index in [9.17, 15) is 9.18 Å². The maximum atomic E-state index is 12.8. The average Bonchev–Trinajstić information content (AvgIpc) is 2.87. The predicted molar refractivity (Wildman–Crippen MR) is 68.4 cm³/mol. The van der Waals surface area contributed by atoms with Gasteiger partial charge in [-0.05, 0) is 42.5 Å². The first kappa shape index (κ1) is 11.4. The van der Waals surface area contributed by atoms with Crippen LogP contribution in [0.25, 0.3) is 11.1 Å². The Hall–Kier alpha value is -2.69. The van der Waals surface area contributed by atoms with Crippen molar-refractivity contribution in [2.45, 2.75) is 0 Å². The predicted octanol–water partition coefficient (Wildman–Crippen LogP) is 3.22. The van der Waals surface area contributed by atoms with Crippen molar-refractivity contribution in [1.29, 1.82) is 0 Å². The molecule has 3 aromatic rings. The lowest BCUT2D eigenvalue weighted by Gasteiger charge is -2.04. The van der Waals surface area contributed by atoms with Gasteiger partial charge in [-0.2, -0.15) is 0 Å². The van der Waals surface area contributed by atoms with Crippen molar-refractivity contribution in [2.75, 3.05) is 5.32 Å². The first-order chi connectivity index (χ1) is 9.22. The number of anilines is 1. The largest absolute Gasteiger partial charge is 0.443 e. The van der Waals surface area contributed by atoms with E-state index < -0.39 is 0 Å². The van der Waals surface area contributed by atoms with E-state index in [1.165, 1.54) is 30.7 Å². The Balaban J connectivity index is 1.83. The smallest absolute Gasteiger partial charge is 0.255 e. The molecule has 2 aromatic carbocycles. The molecule has 3 rings (SSSR count). The molecule has 0 bridgehead atoms. The van der Waals surface area contributed by atoms with Gasteiger partial charge in [0.2, 0.25) is 0 Å². The highest BCUT2D eigenvalue weighted by atomic mass is 19.1. The van der Waals surface area contributed by atoms with Crippen molar-refractivity contribution in [2.24, 2.45) is 0 Å². The van der Waals surface area contributed by atoms with Gasteiger partial charge in [-0.25, -0.2) is 9.37 Å². The minimum atomic E-state index is -0.374. The van der Waals surface area contributed by atoms with E-state index >= 15 is 0 Å². The number of amides is 1. The minimum absolute atomic E-state index is 0.303. The van der Waals surface area contributed by atoms with Gasteiger partial charge < -0.3 is 9.73 Å². The summed E-state index contributed by atoms with van der Waals surface area (Å²) in [6.45, 7) is 0. The molecule has 0 atom stereocenters. The van der Waals surface area contributed by atoms with E-state index in [1.54, 1.807) is 18.2 Å². The van der Waals surface area contributed by atoms with Crippen LogP contribution in [0.5, 0.6) is 0 Å². The average molecular weight is 256 g/mol. The third-order valence-electron chi connectivity index (χ3n) is 2.69. The van der Waals surface area contributed by atoms with E-state index in [4.69, 9.17) is 4.42 Å². The van der Waals surface area contributed by atoms with E-state index in [0.717, 1.165) is 0 Å². The first-order valence-corrected chi connectivity index (χ1v) is 5.62. The van der Waals surface area contributed by atoms with Gasteiger partial charge in [-0.3, -0.25) is 4.79 Å². The zero-order valence-corrected chi connectivity index (χ0v) is 9.76. The highest BCUT2D eigenvalue weighted by molar-refractivity contribution is 6.04. The van der Waals surface area contributed by atoms with Crippen molar-refractivity contribution < 1.29 is 13.6 Å². The number of rotatable bonds is 2. The zero-order chi connectivity index (χ0) is 13.2. The van der Waals surface area contributed by atoms with Crippen LogP contribution in [0.15, 0.2) is 53.3 Å². The van der Waals surface area contributed by atoms with Crippen LogP contribution in [-0.4, -0.2) is 10.9 Å². The molecule has 1 N–H and O–H groups in total. The fraction of sp³-hybridized carbons (Fsp3) is 0. The Morgan fingerprint density at radius 1 is 1.16 bits per heavy atom. The van der Waals surface area contributed by atoms with Gasteiger partial charge in [-0.15, -0.1) is 0 Å². The molecule has 0 saturated heterocycles. The number of nitrogens with zero attached hydrogens (tertiary/aromatic N) is 1. The maximum Gasteiger partial charge on any atom is 0.255 e. The molecular weight excluding hydrogens is 247 g/mol. The number of carbonyl (C=O) groups is 1. The van der Waals surface area contributed by atoms with Crippen LogP contribution in [0.1, 0.15) is 10.4 Å².